The molecule has 1 aliphatic heterocycles. The first-order valence-corrected chi connectivity index (χ1v) is 10.7. The predicted octanol–water partition coefficient (Wildman–Crippen LogP) is 4.33. The molecule has 0 atom stereocenters. The van der Waals surface area contributed by atoms with Gasteiger partial charge in [0.25, 0.3) is 11.8 Å². The van der Waals surface area contributed by atoms with E-state index in [0.717, 1.165) is 12.1 Å². The molecule has 2 aromatic rings. The van der Waals surface area contributed by atoms with Crippen LogP contribution in [0.4, 0.5) is 18.9 Å². The van der Waals surface area contributed by atoms with E-state index < -0.39 is 11.7 Å². The van der Waals surface area contributed by atoms with Crippen molar-refractivity contribution in [3.63, 3.8) is 0 Å². The highest BCUT2D eigenvalue weighted by Crippen LogP contribution is 2.29. The number of hydrogen-bond acceptors (Lipinski definition) is 3. The van der Waals surface area contributed by atoms with Gasteiger partial charge in [0, 0.05) is 30.6 Å². The van der Waals surface area contributed by atoms with E-state index in [2.05, 4.69) is 10.6 Å². The Kier molecular flexibility index (Phi) is 7.40. The lowest BCUT2D eigenvalue weighted by Crippen LogP contribution is -2.41. The van der Waals surface area contributed by atoms with Crippen LogP contribution in [-0.4, -0.2) is 41.8 Å². The first kappa shape index (κ1) is 24.3. The second-order valence-corrected chi connectivity index (χ2v) is 8.30. The van der Waals surface area contributed by atoms with E-state index in [1.807, 2.05) is 13.8 Å². The summed E-state index contributed by atoms with van der Waals surface area (Å²) in [4.78, 5) is 39.4. The quantitative estimate of drug-likeness (QED) is 0.696. The number of carbonyl (C=O) groups excluding carboxylic acids is 3. The number of benzene rings is 2. The number of nitrogens with zero attached hydrogens (tertiary/aromatic N) is 1. The third-order valence-corrected chi connectivity index (χ3v) is 5.46. The van der Waals surface area contributed by atoms with Gasteiger partial charge in [-0.15, -0.1) is 0 Å². The second-order valence-electron chi connectivity index (χ2n) is 8.30. The number of anilines is 1. The summed E-state index contributed by atoms with van der Waals surface area (Å²) in [5.41, 5.74) is 0.158. The molecule has 2 aromatic carbocycles. The van der Waals surface area contributed by atoms with Gasteiger partial charge in [0.15, 0.2) is 0 Å². The molecule has 1 aliphatic rings. The lowest BCUT2D eigenvalue weighted by atomic mass is 9.95. The van der Waals surface area contributed by atoms with Crippen molar-refractivity contribution in [2.75, 3.05) is 18.4 Å². The van der Waals surface area contributed by atoms with Crippen LogP contribution in [0.15, 0.2) is 48.5 Å². The van der Waals surface area contributed by atoms with Gasteiger partial charge in [0.2, 0.25) is 5.91 Å². The van der Waals surface area contributed by atoms with E-state index in [9.17, 15) is 27.6 Å². The Labute approximate surface area is 190 Å². The van der Waals surface area contributed by atoms with Crippen molar-refractivity contribution < 1.29 is 27.6 Å². The summed E-state index contributed by atoms with van der Waals surface area (Å²) in [7, 11) is 0. The number of carbonyl (C=O) groups is 3. The molecule has 3 rings (SSSR count). The first-order valence-electron chi connectivity index (χ1n) is 10.7. The minimum Gasteiger partial charge on any atom is -0.350 e. The minimum atomic E-state index is -4.46. The maximum atomic E-state index is 12.8. The zero-order valence-electron chi connectivity index (χ0n) is 18.4. The molecule has 0 radical (unpaired) electrons. The molecular formula is C24H26F3N3O3. The molecule has 0 aliphatic carbocycles. The van der Waals surface area contributed by atoms with E-state index in [1.165, 1.54) is 17.0 Å². The van der Waals surface area contributed by atoms with Gasteiger partial charge < -0.3 is 15.5 Å². The number of nitrogens with one attached hydrogen (secondary N) is 2. The monoisotopic (exact) mass is 461 g/mol. The molecule has 1 fully saturated rings. The average Bonchev–Trinajstić information content (AvgIpc) is 2.78. The molecule has 2 N–H and O–H groups in total. The zero-order chi connectivity index (χ0) is 24.2. The fourth-order valence-corrected chi connectivity index (χ4v) is 3.69. The van der Waals surface area contributed by atoms with Crippen molar-refractivity contribution in [1.82, 2.24) is 10.2 Å². The van der Waals surface area contributed by atoms with Crippen LogP contribution < -0.4 is 10.6 Å². The van der Waals surface area contributed by atoms with Crippen LogP contribution in [-0.2, 0) is 11.0 Å². The Hall–Kier alpha value is -3.36. The highest BCUT2D eigenvalue weighted by Gasteiger charge is 2.31. The van der Waals surface area contributed by atoms with Gasteiger partial charge >= 0.3 is 6.18 Å². The molecule has 3 amide bonds. The Bertz CT molecular complexity index is 1010. The molecule has 9 heteroatoms. The molecule has 0 spiro atoms. The predicted molar refractivity (Wildman–Crippen MR) is 118 cm³/mol. The van der Waals surface area contributed by atoms with Gasteiger partial charge in [0.1, 0.15) is 0 Å². The van der Waals surface area contributed by atoms with Crippen molar-refractivity contribution in [3.05, 3.63) is 65.2 Å². The molecule has 0 saturated carbocycles. The average molecular weight is 461 g/mol. The summed E-state index contributed by atoms with van der Waals surface area (Å²) < 4.78 is 38.2. The summed E-state index contributed by atoms with van der Waals surface area (Å²) in [6.45, 7) is 4.32. The fourth-order valence-electron chi connectivity index (χ4n) is 3.69. The summed E-state index contributed by atoms with van der Waals surface area (Å²) in [5.74, 6) is -1.22. The van der Waals surface area contributed by atoms with Crippen molar-refractivity contribution in [1.29, 1.82) is 0 Å². The lowest BCUT2D eigenvalue weighted by molar-refractivity contribution is -0.137. The SMILES string of the molecule is CC(C)NC(=O)c1ccccc1NC(=O)C1CCN(C(=O)c2ccc(C(F)(F)F)cc2)CC1. The zero-order valence-corrected chi connectivity index (χ0v) is 18.4. The van der Waals surface area contributed by atoms with Gasteiger partial charge in [-0.2, -0.15) is 13.2 Å². The number of amides is 3. The van der Waals surface area contributed by atoms with Gasteiger partial charge in [-0.25, -0.2) is 0 Å². The topological polar surface area (TPSA) is 78.5 Å². The van der Waals surface area contributed by atoms with E-state index in [1.54, 1.807) is 24.3 Å². The van der Waals surface area contributed by atoms with Crippen LogP contribution in [0.3, 0.4) is 0 Å². The summed E-state index contributed by atoms with van der Waals surface area (Å²) in [6.07, 6.45) is -3.63. The maximum Gasteiger partial charge on any atom is 0.416 e. The number of alkyl halides is 3. The van der Waals surface area contributed by atoms with Crippen LogP contribution in [0.1, 0.15) is 53.0 Å². The second kappa shape index (κ2) is 10.1. The summed E-state index contributed by atoms with van der Waals surface area (Å²) in [6, 6.07) is 10.8. The summed E-state index contributed by atoms with van der Waals surface area (Å²) in [5, 5.41) is 5.62. The highest BCUT2D eigenvalue weighted by molar-refractivity contribution is 6.04. The Morgan fingerprint density at radius 3 is 2.15 bits per heavy atom. The molecule has 1 heterocycles. The van der Waals surface area contributed by atoms with Crippen LogP contribution in [0.5, 0.6) is 0 Å². The van der Waals surface area contributed by atoms with Crippen LogP contribution in [0.2, 0.25) is 0 Å². The van der Waals surface area contributed by atoms with Crippen LogP contribution in [0.25, 0.3) is 0 Å². The van der Waals surface area contributed by atoms with E-state index >= 15 is 0 Å². The standard InChI is InChI=1S/C24H26F3N3O3/c1-15(2)28-22(32)19-5-3-4-6-20(19)29-21(31)16-11-13-30(14-12-16)23(33)17-7-9-18(10-8-17)24(25,26)27/h3-10,15-16H,11-14H2,1-2H3,(H,28,32)(H,29,31). The minimum absolute atomic E-state index is 0.0483. The maximum absolute atomic E-state index is 12.8. The van der Waals surface area contributed by atoms with Gasteiger partial charge in [-0.05, 0) is 63.1 Å². The third-order valence-electron chi connectivity index (χ3n) is 5.46. The van der Waals surface area contributed by atoms with Gasteiger partial charge in [-0.3, -0.25) is 14.4 Å². The van der Waals surface area contributed by atoms with Crippen molar-refractivity contribution in [3.8, 4) is 0 Å². The largest absolute Gasteiger partial charge is 0.416 e. The number of para-hydroxylation sites is 1. The lowest BCUT2D eigenvalue weighted by Gasteiger charge is -2.31. The van der Waals surface area contributed by atoms with E-state index in [4.69, 9.17) is 0 Å². The molecule has 1 saturated heterocycles. The third kappa shape index (κ3) is 6.12. The van der Waals surface area contributed by atoms with Crippen LogP contribution in [0, 0.1) is 5.92 Å². The van der Waals surface area contributed by atoms with Crippen molar-refractivity contribution in [2.45, 2.75) is 38.9 Å². The molecule has 0 bridgehead atoms. The molecular weight excluding hydrogens is 435 g/mol. The number of halogens is 3. The smallest absolute Gasteiger partial charge is 0.350 e. The molecule has 0 unspecified atom stereocenters. The van der Waals surface area contributed by atoms with E-state index in [-0.39, 0.29) is 35.2 Å². The molecule has 6 nitrogen and oxygen atoms in total. The number of likely N-dealkylation sites (tertiary alicyclic amines) is 1. The number of rotatable bonds is 5. The molecule has 0 aromatic heterocycles. The van der Waals surface area contributed by atoms with Crippen LogP contribution >= 0.6 is 0 Å². The van der Waals surface area contributed by atoms with Gasteiger partial charge in [0.05, 0.1) is 16.8 Å². The van der Waals surface area contributed by atoms with Gasteiger partial charge in [-0.1, -0.05) is 12.1 Å². The molecule has 176 valence electrons. The highest BCUT2D eigenvalue weighted by atomic mass is 19.4. The first-order chi connectivity index (χ1) is 15.6. The normalized spacial score (nSPS) is 14.8. The number of piperidine rings is 1. The Balaban J connectivity index is 1.59. The summed E-state index contributed by atoms with van der Waals surface area (Å²) >= 11 is 0. The van der Waals surface area contributed by atoms with E-state index in [0.29, 0.717) is 37.2 Å². The fraction of sp³-hybridized carbons (Fsp3) is 0.375. The number of hydrogen-bond donors (Lipinski definition) is 2. The Morgan fingerprint density at radius 2 is 1.58 bits per heavy atom. The Morgan fingerprint density at radius 1 is 0.970 bits per heavy atom. The molecule has 33 heavy (non-hydrogen) atoms. The van der Waals surface area contributed by atoms with Crippen molar-refractivity contribution >= 4 is 23.4 Å². The van der Waals surface area contributed by atoms with Crippen molar-refractivity contribution in [2.24, 2.45) is 5.92 Å².